The monoisotopic (exact) mass is 247 g/mol. The number of hydrogen-bond donors (Lipinski definition) is 1. The average Bonchev–Trinajstić information content (AvgIpc) is 3.18. The van der Waals surface area contributed by atoms with E-state index in [1.807, 2.05) is 7.11 Å². The van der Waals surface area contributed by atoms with Crippen LogP contribution < -0.4 is 5.32 Å². The standard InChI is InChI=1S/C16H25NO/c1-4-17-15(16(18-3)14-9-10-14)11-13-7-5-12(2)6-8-13/h5-8,14-17H,4,9-11H2,1-3H3. The summed E-state index contributed by atoms with van der Waals surface area (Å²) in [4.78, 5) is 0. The third-order valence-electron chi connectivity index (χ3n) is 3.80. The molecule has 0 spiro atoms. The topological polar surface area (TPSA) is 21.3 Å². The SMILES string of the molecule is CCNC(Cc1ccc(C)cc1)C(OC)C1CC1. The van der Waals surface area contributed by atoms with E-state index in [4.69, 9.17) is 4.74 Å². The van der Waals surface area contributed by atoms with E-state index < -0.39 is 0 Å². The van der Waals surface area contributed by atoms with Gasteiger partial charge in [-0.25, -0.2) is 0 Å². The predicted octanol–water partition coefficient (Wildman–Crippen LogP) is 2.94. The van der Waals surface area contributed by atoms with Gasteiger partial charge in [-0.2, -0.15) is 0 Å². The molecule has 1 fully saturated rings. The minimum atomic E-state index is 0.367. The van der Waals surface area contributed by atoms with Crippen LogP contribution in [0.25, 0.3) is 0 Å². The summed E-state index contributed by atoms with van der Waals surface area (Å²) in [5.41, 5.74) is 2.72. The lowest BCUT2D eigenvalue weighted by molar-refractivity contribution is 0.0516. The Morgan fingerprint density at radius 1 is 1.28 bits per heavy atom. The normalized spacial score (nSPS) is 18.6. The summed E-state index contributed by atoms with van der Waals surface area (Å²) in [6.45, 7) is 5.30. The van der Waals surface area contributed by atoms with E-state index in [-0.39, 0.29) is 0 Å². The number of benzene rings is 1. The van der Waals surface area contributed by atoms with Crippen molar-refractivity contribution in [3.63, 3.8) is 0 Å². The maximum atomic E-state index is 5.72. The van der Waals surface area contributed by atoms with Crippen molar-refractivity contribution in [3.8, 4) is 0 Å². The molecule has 2 rings (SSSR count). The van der Waals surface area contributed by atoms with Crippen LogP contribution in [0.3, 0.4) is 0 Å². The van der Waals surface area contributed by atoms with Crippen molar-refractivity contribution in [1.82, 2.24) is 5.32 Å². The van der Waals surface area contributed by atoms with Gasteiger partial charge in [0.05, 0.1) is 6.10 Å². The van der Waals surface area contributed by atoms with Gasteiger partial charge in [0.1, 0.15) is 0 Å². The third kappa shape index (κ3) is 3.56. The Bertz CT molecular complexity index is 356. The third-order valence-corrected chi connectivity index (χ3v) is 3.80. The van der Waals surface area contributed by atoms with Crippen molar-refractivity contribution in [2.45, 2.75) is 45.3 Å². The van der Waals surface area contributed by atoms with Gasteiger partial charge in [-0.15, -0.1) is 0 Å². The summed E-state index contributed by atoms with van der Waals surface area (Å²) in [5, 5.41) is 3.59. The van der Waals surface area contributed by atoms with E-state index in [9.17, 15) is 0 Å². The zero-order valence-corrected chi connectivity index (χ0v) is 11.8. The largest absolute Gasteiger partial charge is 0.380 e. The van der Waals surface area contributed by atoms with Gasteiger partial charge in [-0.05, 0) is 44.2 Å². The molecule has 0 heterocycles. The number of hydrogen-bond acceptors (Lipinski definition) is 2. The summed E-state index contributed by atoms with van der Waals surface area (Å²) in [6, 6.07) is 9.29. The van der Waals surface area contributed by atoms with E-state index in [0.717, 1.165) is 18.9 Å². The van der Waals surface area contributed by atoms with Crippen molar-refractivity contribution in [2.24, 2.45) is 5.92 Å². The minimum absolute atomic E-state index is 0.367. The smallest absolute Gasteiger partial charge is 0.0755 e. The second kappa shape index (κ2) is 6.35. The summed E-state index contributed by atoms with van der Waals surface area (Å²) in [6.07, 6.45) is 4.08. The average molecular weight is 247 g/mol. The van der Waals surface area contributed by atoms with E-state index in [1.165, 1.54) is 24.0 Å². The Morgan fingerprint density at radius 3 is 2.44 bits per heavy atom. The summed E-state index contributed by atoms with van der Waals surface area (Å²) in [7, 11) is 1.85. The van der Waals surface area contributed by atoms with E-state index >= 15 is 0 Å². The van der Waals surface area contributed by atoms with E-state index in [2.05, 4.69) is 43.4 Å². The highest BCUT2D eigenvalue weighted by molar-refractivity contribution is 5.22. The quantitative estimate of drug-likeness (QED) is 0.800. The first kappa shape index (κ1) is 13.6. The fraction of sp³-hybridized carbons (Fsp3) is 0.625. The molecule has 2 nitrogen and oxygen atoms in total. The molecule has 1 N–H and O–H groups in total. The van der Waals surface area contributed by atoms with E-state index in [1.54, 1.807) is 0 Å². The first-order chi connectivity index (χ1) is 8.74. The lowest BCUT2D eigenvalue weighted by atomic mass is 9.97. The molecule has 1 aliphatic rings. The minimum Gasteiger partial charge on any atom is -0.380 e. The van der Waals surface area contributed by atoms with Crippen molar-refractivity contribution >= 4 is 0 Å². The molecule has 1 saturated carbocycles. The fourth-order valence-corrected chi connectivity index (χ4v) is 2.65. The number of aryl methyl sites for hydroxylation is 1. The number of nitrogens with one attached hydrogen (secondary N) is 1. The van der Waals surface area contributed by atoms with Crippen LogP contribution in [0.5, 0.6) is 0 Å². The molecule has 0 radical (unpaired) electrons. The molecule has 100 valence electrons. The van der Waals surface area contributed by atoms with Crippen LogP contribution in [0.4, 0.5) is 0 Å². The van der Waals surface area contributed by atoms with Crippen molar-refractivity contribution in [1.29, 1.82) is 0 Å². The Kier molecular flexibility index (Phi) is 4.79. The molecular formula is C16H25NO. The Hall–Kier alpha value is -0.860. The van der Waals surface area contributed by atoms with Crippen LogP contribution in [0.1, 0.15) is 30.9 Å². The zero-order valence-electron chi connectivity index (χ0n) is 11.8. The number of methoxy groups -OCH3 is 1. The van der Waals surface area contributed by atoms with Crippen LogP contribution in [-0.4, -0.2) is 25.8 Å². The first-order valence-electron chi connectivity index (χ1n) is 7.06. The molecule has 1 aromatic rings. The molecular weight excluding hydrogens is 222 g/mol. The molecule has 1 aromatic carbocycles. The van der Waals surface area contributed by atoms with Crippen LogP contribution >= 0.6 is 0 Å². The number of ether oxygens (including phenoxy) is 1. The zero-order chi connectivity index (χ0) is 13.0. The molecule has 0 aromatic heterocycles. The van der Waals surface area contributed by atoms with Crippen LogP contribution in [0.2, 0.25) is 0 Å². The maximum Gasteiger partial charge on any atom is 0.0755 e. The van der Waals surface area contributed by atoms with Crippen LogP contribution in [0.15, 0.2) is 24.3 Å². The van der Waals surface area contributed by atoms with Crippen LogP contribution in [-0.2, 0) is 11.2 Å². The Balaban J connectivity index is 2.02. The van der Waals surface area contributed by atoms with Gasteiger partial charge in [-0.1, -0.05) is 36.8 Å². The highest BCUT2D eigenvalue weighted by Gasteiger charge is 2.36. The fourth-order valence-electron chi connectivity index (χ4n) is 2.65. The predicted molar refractivity (Wildman–Crippen MR) is 75.9 cm³/mol. The second-order valence-electron chi connectivity index (χ2n) is 5.39. The molecule has 0 bridgehead atoms. The van der Waals surface area contributed by atoms with Gasteiger partial charge >= 0.3 is 0 Å². The van der Waals surface area contributed by atoms with Crippen LogP contribution in [0, 0.1) is 12.8 Å². The Morgan fingerprint density at radius 2 is 1.94 bits per heavy atom. The number of rotatable bonds is 7. The van der Waals surface area contributed by atoms with Gasteiger partial charge in [0.2, 0.25) is 0 Å². The molecule has 1 aliphatic carbocycles. The highest BCUT2D eigenvalue weighted by atomic mass is 16.5. The van der Waals surface area contributed by atoms with Crippen molar-refractivity contribution < 1.29 is 4.74 Å². The van der Waals surface area contributed by atoms with Gasteiger partial charge in [0, 0.05) is 13.2 Å². The van der Waals surface area contributed by atoms with Crippen molar-refractivity contribution in [2.75, 3.05) is 13.7 Å². The van der Waals surface area contributed by atoms with Crippen molar-refractivity contribution in [3.05, 3.63) is 35.4 Å². The lowest BCUT2D eigenvalue weighted by Gasteiger charge is -2.27. The molecule has 0 aliphatic heterocycles. The number of likely N-dealkylation sites (N-methyl/N-ethyl adjacent to an activating group) is 1. The second-order valence-corrected chi connectivity index (χ2v) is 5.39. The molecule has 2 unspecified atom stereocenters. The summed E-state index contributed by atoms with van der Waals surface area (Å²) in [5.74, 6) is 0.768. The van der Waals surface area contributed by atoms with Gasteiger partial charge in [0.25, 0.3) is 0 Å². The Labute approximate surface area is 111 Å². The molecule has 18 heavy (non-hydrogen) atoms. The highest BCUT2D eigenvalue weighted by Crippen LogP contribution is 2.36. The molecule has 0 amide bonds. The van der Waals surface area contributed by atoms with Gasteiger partial charge in [-0.3, -0.25) is 0 Å². The van der Waals surface area contributed by atoms with Gasteiger partial charge < -0.3 is 10.1 Å². The molecule has 2 atom stereocenters. The first-order valence-corrected chi connectivity index (χ1v) is 7.06. The lowest BCUT2D eigenvalue weighted by Crippen LogP contribution is -2.43. The molecule has 2 heteroatoms. The summed E-state index contributed by atoms with van der Waals surface area (Å²) < 4.78 is 5.72. The molecule has 0 saturated heterocycles. The van der Waals surface area contributed by atoms with E-state index in [0.29, 0.717) is 12.1 Å². The van der Waals surface area contributed by atoms with Gasteiger partial charge in [0.15, 0.2) is 0 Å². The maximum absolute atomic E-state index is 5.72. The summed E-state index contributed by atoms with van der Waals surface area (Å²) >= 11 is 0.